The molecule has 37 heavy (non-hydrogen) atoms. The van der Waals surface area contributed by atoms with Gasteiger partial charge in [-0.1, -0.05) is 30.3 Å². The molecule has 3 aliphatic rings. The molecule has 2 aromatic rings. The van der Waals surface area contributed by atoms with Gasteiger partial charge >= 0.3 is 0 Å². The second-order valence-corrected chi connectivity index (χ2v) is 11.4. The monoisotopic (exact) mass is 516 g/mol. The maximum absolute atomic E-state index is 13.6. The molecule has 1 amide bonds. The molecule has 2 saturated heterocycles. The summed E-state index contributed by atoms with van der Waals surface area (Å²) in [5, 5.41) is 0.750. The molecule has 0 N–H and O–H groups in total. The molecule has 3 aliphatic heterocycles. The largest absolute Gasteiger partial charge is 0.379 e. The Kier molecular flexibility index (Phi) is 7.56. The van der Waals surface area contributed by atoms with E-state index in [-0.39, 0.29) is 11.4 Å². The topological polar surface area (TPSA) is 48.4 Å². The molecule has 194 valence electrons. The van der Waals surface area contributed by atoms with Crippen LogP contribution in [0.5, 0.6) is 0 Å². The molecular weight excluding hydrogens is 480 g/mol. The molecule has 6 nitrogen and oxygen atoms in total. The van der Waals surface area contributed by atoms with Crippen LogP contribution in [-0.4, -0.2) is 72.9 Å². The van der Waals surface area contributed by atoms with Gasteiger partial charge in [0.1, 0.15) is 0 Å². The number of allylic oxidation sites excluding steroid dienone is 1. The van der Waals surface area contributed by atoms with E-state index in [4.69, 9.17) is 9.73 Å². The lowest BCUT2D eigenvalue weighted by Gasteiger charge is -2.40. The molecule has 0 aliphatic carbocycles. The van der Waals surface area contributed by atoms with Crippen LogP contribution in [0, 0.1) is 0 Å². The number of ether oxygens (including phenoxy) is 1. The Morgan fingerprint density at radius 1 is 1.08 bits per heavy atom. The van der Waals surface area contributed by atoms with Gasteiger partial charge in [0.05, 0.1) is 29.3 Å². The number of morpholine rings is 1. The van der Waals surface area contributed by atoms with Gasteiger partial charge in [-0.05, 0) is 80.4 Å². The van der Waals surface area contributed by atoms with E-state index in [9.17, 15) is 4.79 Å². The zero-order chi connectivity index (χ0) is 26.0. The van der Waals surface area contributed by atoms with Crippen LogP contribution in [0.3, 0.4) is 0 Å². The Labute approximate surface area is 224 Å². The summed E-state index contributed by atoms with van der Waals surface area (Å²) in [5.41, 5.74) is 5.56. The van der Waals surface area contributed by atoms with Crippen LogP contribution in [0.25, 0.3) is 11.6 Å². The summed E-state index contributed by atoms with van der Waals surface area (Å²) in [7, 11) is 2.14. The summed E-state index contributed by atoms with van der Waals surface area (Å²) in [6.07, 6.45) is 5.23. The second kappa shape index (κ2) is 10.9. The minimum absolute atomic E-state index is 0.0289. The Balaban J connectivity index is 1.39. The van der Waals surface area contributed by atoms with Crippen LogP contribution in [0.4, 0.5) is 11.4 Å². The van der Waals surface area contributed by atoms with Crippen LogP contribution in [0.1, 0.15) is 38.3 Å². The highest BCUT2D eigenvalue weighted by atomic mass is 32.2. The fourth-order valence-electron chi connectivity index (χ4n) is 5.10. The van der Waals surface area contributed by atoms with E-state index >= 15 is 0 Å². The number of amides is 1. The molecular formula is C30H36N4O2S. The number of likely N-dealkylation sites (N-methyl/N-ethyl adjacent to an activating group) is 1. The highest BCUT2D eigenvalue weighted by Gasteiger charge is 2.34. The lowest BCUT2D eigenvalue weighted by molar-refractivity contribution is -0.122. The van der Waals surface area contributed by atoms with Crippen LogP contribution in [0.2, 0.25) is 0 Å². The zero-order valence-electron chi connectivity index (χ0n) is 22.2. The van der Waals surface area contributed by atoms with Gasteiger partial charge in [0, 0.05) is 44.5 Å². The molecule has 3 heterocycles. The normalized spacial score (nSPS) is 22.1. The number of anilines is 1. The molecule has 0 aromatic heterocycles. The van der Waals surface area contributed by atoms with Gasteiger partial charge in [-0.15, -0.1) is 0 Å². The predicted octanol–water partition coefficient (Wildman–Crippen LogP) is 5.64. The van der Waals surface area contributed by atoms with Crippen LogP contribution < -0.4 is 4.90 Å². The summed E-state index contributed by atoms with van der Waals surface area (Å²) >= 11 is 1.47. The number of hydrogen-bond donors (Lipinski definition) is 0. The summed E-state index contributed by atoms with van der Waals surface area (Å²) in [6.45, 7) is 11.7. The molecule has 2 fully saturated rings. The smallest absolute Gasteiger partial charge is 0.266 e. The lowest BCUT2D eigenvalue weighted by atomic mass is 9.88. The van der Waals surface area contributed by atoms with Crippen molar-refractivity contribution in [3.8, 4) is 0 Å². The Hall–Kier alpha value is -2.87. The quantitative estimate of drug-likeness (QED) is 0.465. The first kappa shape index (κ1) is 25.8. The maximum Gasteiger partial charge on any atom is 0.266 e. The van der Waals surface area contributed by atoms with E-state index in [1.54, 1.807) is 0 Å². The SMILES string of the molecule is CC1=CC(C)(C)N(C)c2ccc(/C=C3/SC(=Nc4ccccc4)N(CCCN4CCOCC4)C3=O)cc21. The first-order valence-corrected chi connectivity index (χ1v) is 13.9. The minimum Gasteiger partial charge on any atom is -0.379 e. The van der Waals surface area contributed by atoms with Gasteiger partial charge < -0.3 is 9.64 Å². The number of hydrogen-bond acceptors (Lipinski definition) is 6. The van der Waals surface area contributed by atoms with Gasteiger partial charge in [0.25, 0.3) is 5.91 Å². The van der Waals surface area contributed by atoms with Crippen LogP contribution in [0.15, 0.2) is 64.5 Å². The minimum atomic E-state index is -0.0289. The van der Waals surface area contributed by atoms with Crippen molar-refractivity contribution in [1.29, 1.82) is 0 Å². The van der Waals surface area contributed by atoms with Gasteiger partial charge in [-0.2, -0.15) is 0 Å². The molecule has 0 spiro atoms. The van der Waals surface area contributed by atoms with Gasteiger partial charge in [-0.3, -0.25) is 14.6 Å². The number of para-hydroxylation sites is 1. The molecule has 0 unspecified atom stereocenters. The third kappa shape index (κ3) is 5.69. The van der Waals surface area contributed by atoms with Crippen LogP contribution >= 0.6 is 11.8 Å². The average Bonchev–Trinajstić information content (AvgIpc) is 3.17. The fourth-order valence-corrected chi connectivity index (χ4v) is 6.12. The second-order valence-electron chi connectivity index (χ2n) is 10.4. The number of carbonyl (C=O) groups excluding carboxylic acids is 1. The van der Waals surface area contributed by atoms with E-state index in [0.717, 1.165) is 55.7 Å². The highest BCUT2D eigenvalue weighted by Crippen LogP contribution is 2.39. The summed E-state index contributed by atoms with van der Waals surface area (Å²) < 4.78 is 5.47. The van der Waals surface area contributed by atoms with Crippen molar-refractivity contribution in [2.75, 3.05) is 51.3 Å². The van der Waals surface area contributed by atoms with Crippen molar-refractivity contribution >= 4 is 45.9 Å². The third-order valence-electron chi connectivity index (χ3n) is 7.37. The summed E-state index contributed by atoms with van der Waals surface area (Å²) in [4.78, 5) is 25.7. The van der Waals surface area contributed by atoms with Crippen molar-refractivity contribution in [1.82, 2.24) is 9.80 Å². The van der Waals surface area contributed by atoms with Gasteiger partial charge in [0.2, 0.25) is 0 Å². The first-order chi connectivity index (χ1) is 17.8. The predicted molar refractivity (Wildman–Crippen MR) is 155 cm³/mol. The number of rotatable bonds is 6. The summed E-state index contributed by atoms with van der Waals surface area (Å²) in [5.74, 6) is 0.0323. The zero-order valence-corrected chi connectivity index (χ0v) is 23.1. The third-order valence-corrected chi connectivity index (χ3v) is 8.37. The lowest BCUT2D eigenvalue weighted by Crippen LogP contribution is -2.42. The van der Waals surface area contributed by atoms with E-state index < -0.39 is 0 Å². The molecule has 0 radical (unpaired) electrons. The van der Waals surface area contributed by atoms with Crippen LogP contribution in [-0.2, 0) is 9.53 Å². The number of benzene rings is 2. The van der Waals surface area contributed by atoms with E-state index in [2.05, 4.69) is 61.9 Å². The number of carbonyl (C=O) groups is 1. The molecule has 0 atom stereocenters. The first-order valence-electron chi connectivity index (χ1n) is 13.0. The Bertz CT molecular complexity index is 1250. The van der Waals surface area contributed by atoms with Crippen molar-refractivity contribution in [2.24, 2.45) is 4.99 Å². The van der Waals surface area contributed by atoms with Crippen molar-refractivity contribution in [3.63, 3.8) is 0 Å². The van der Waals surface area contributed by atoms with E-state index in [0.29, 0.717) is 11.4 Å². The number of thioether (sulfide) groups is 1. The maximum atomic E-state index is 13.6. The van der Waals surface area contributed by atoms with Gasteiger partial charge in [-0.25, -0.2) is 4.99 Å². The Morgan fingerprint density at radius 3 is 2.59 bits per heavy atom. The molecule has 0 saturated carbocycles. The van der Waals surface area contributed by atoms with E-state index in [1.807, 2.05) is 41.3 Å². The summed E-state index contributed by atoms with van der Waals surface area (Å²) in [6, 6.07) is 16.4. The van der Waals surface area contributed by atoms with Crippen molar-refractivity contribution in [2.45, 2.75) is 32.7 Å². The van der Waals surface area contributed by atoms with Crippen molar-refractivity contribution < 1.29 is 9.53 Å². The number of nitrogens with zero attached hydrogens (tertiary/aromatic N) is 4. The molecule has 5 rings (SSSR count). The number of fused-ring (bicyclic) bond motifs is 1. The number of aliphatic imine (C=N–C) groups is 1. The standard InChI is InChI=1S/C30H36N4O2S/c1-22-21-30(2,3)32(4)26-12-11-23(19-25(22)26)20-27-28(35)34(14-8-13-33-15-17-36-18-16-33)29(37-27)31-24-9-6-5-7-10-24/h5-7,9-12,19-21H,8,13-18H2,1-4H3/b27-20+,31-29?. The number of amidine groups is 1. The van der Waals surface area contributed by atoms with Gasteiger partial charge in [0.15, 0.2) is 5.17 Å². The average molecular weight is 517 g/mol. The molecule has 0 bridgehead atoms. The molecule has 2 aromatic carbocycles. The van der Waals surface area contributed by atoms with Crippen molar-refractivity contribution in [3.05, 3.63) is 70.6 Å². The molecule has 7 heteroatoms. The Morgan fingerprint density at radius 2 is 1.84 bits per heavy atom. The fraction of sp³-hybridized carbons (Fsp3) is 0.400. The highest BCUT2D eigenvalue weighted by molar-refractivity contribution is 8.18. The van der Waals surface area contributed by atoms with E-state index in [1.165, 1.54) is 28.6 Å².